The highest BCUT2D eigenvalue weighted by Gasteiger charge is 2.08. The Balaban J connectivity index is 0.00000400. The smallest absolute Gasteiger partial charge is 0.220 e. The zero-order valence-corrected chi connectivity index (χ0v) is 13.1. The van der Waals surface area contributed by atoms with E-state index < -0.39 is 0 Å². The topological polar surface area (TPSA) is 84.2 Å². The summed E-state index contributed by atoms with van der Waals surface area (Å²) < 4.78 is 0. The molecule has 1 aromatic rings. The molecule has 1 atom stereocenters. The van der Waals surface area contributed by atoms with Gasteiger partial charge in [-0.15, -0.1) is 12.4 Å². The first kappa shape index (κ1) is 19.4. The van der Waals surface area contributed by atoms with E-state index in [-0.39, 0.29) is 30.3 Å². The summed E-state index contributed by atoms with van der Waals surface area (Å²) in [7, 11) is 0. The molecule has 0 spiro atoms. The van der Waals surface area contributed by atoms with Crippen molar-refractivity contribution in [3.8, 4) is 0 Å². The molecule has 2 amide bonds. The van der Waals surface area contributed by atoms with E-state index in [1.165, 1.54) is 0 Å². The van der Waals surface area contributed by atoms with E-state index in [1.807, 2.05) is 37.3 Å². The fourth-order valence-electron chi connectivity index (χ4n) is 1.83. The van der Waals surface area contributed by atoms with Gasteiger partial charge in [-0.3, -0.25) is 9.59 Å². The summed E-state index contributed by atoms with van der Waals surface area (Å²) in [6, 6.07) is 9.43. The molecule has 118 valence electrons. The monoisotopic (exact) mass is 313 g/mol. The summed E-state index contributed by atoms with van der Waals surface area (Å²) in [5.74, 6) is -0.0815. The van der Waals surface area contributed by atoms with Crippen molar-refractivity contribution in [3.05, 3.63) is 35.9 Å². The lowest BCUT2D eigenvalue weighted by molar-refractivity contribution is -0.122. The van der Waals surface area contributed by atoms with Crippen LogP contribution < -0.4 is 16.4 Å². The van der Waals surface area contributed by atoms with Gasteiger partial charge in [0.2, 0.25) is 11.8 Å². The summed E-state index contributed by atoms with van der Waals surface area (Å²) in [4.78, 5) is 22.8. The van der Waals surface area contributed by atoms with E-state index in [2.05, 4.69) is 10.6 Å². The molecule has 0 aliphatic carbocycles. The predicted octanol–water partition coefficient (Wildman–Crippen LogP) is 1.53. The molecule has 0 aromatic heterocycles. The molecular formula is C15H24ClN3O2. The number of amides is 2. The molecule has 0 heterocycles. The van der Waals surface area contributed by atoms with E-state index in [0.29, 0.717) is 32.4 Å². The Kier molecular flexibility index (Phi) is 10.3. The minimum absolute atomic E-state index is 0. The summed E-state index contributed by atoms with van der Waals surface area (Å²) in [5, 5.41) is 5.49. The van der Waals surface area contributed by atoms with E-state index in [4.69, 9.17) is 5.73 Å². The molecule has 0 radical (unpaired) electrons. The van der Waals surface area contributed by atoms with Crippen molar-refractivity contribution in [1.29, 1.82) is 0 Å². The van der Waals surface area contributed by atoms with Gasteiger partial charge in [-0.05, 0) is 18.9 Å². The molecular weight excluding hydrogens is 290 g/mol. The average Bonchev–Trinajstić information content (AvgIpc) is 2.46. The second-order valence-corrected chi connectivity index (χ2v) is 4.63. The highest BCUT2D eigenvalue weighted by molar-refractivity contribution is 5.85. The molecule has 4 N–H and O–H groups in total. The van der Waals surface area contributed by atoms with Gasteiger partial charge in [0.25, 0.3) is 0 Å². The van der Waals surface area contributed by atoms with Gasteiger partial charge in [-0.1, -0.05) is 30.3 Å². The number of nitrogens with one attached hydrogen (secondary N) is 2. The number of nitrogens with two attached hydrogens (primary N) is 1. The second-order valence-electron chi connectivity index (χ2n) is 4.63. The molecule has 21 heavy (non-hydrogen) atoms. The van der Waals surface area contributed by atoms with Crippen molar-refractivity contribution >= 4 is 24.2 Å². The van der Waals surface area contributed by atoms with Crippen LogP contribution in [0.5, 0.6) is 0 Å². The van der Waals surface area contributed by atoms with Gasteiger partial charge < -0.3 is 16.4 Å². The minimum Gasteiger partial charge on any atom is -0.356 e. The Morgan fingerprint density at radius 3 is 2.24 bits per heavy atom. The largest absolute Gasteiger partial charge is 0.356 e. The Morgan fingerprint density at radius 1 is 1.10 bits per heavy atom. The van der Waals surface area contributed by atoms with Crippen LogP contribution in [0.3, 0.4) is 0 Å². The normalized spacial score (nSPS) is 11.1. The molecule has 0 aliphatic heterocycles. The number of benzene rings is 1. The average molecular weight is 314 g/mol. The molecule has 0 aliphatic rings. The van der Waals surface area contributed by atoms with Crippen LogP contribution in [0.4, 0.5) is 0 Å². The van der Waals surface area contributed by atoms with E-state index in [9.17, 15) is 9.59 Å². The third-order valence-corrected chi connectivity index (χ3v) is 2.93. The van der Waals surface area contributed by atoms with E-state index in [1.54, 1.807) is 0 Å². The predicted molar refractivity (Wildman–Crippen MR) is 86.2 cm³/mol. The maximum Gasteiger partial charge on any atom is 0.220 e. The lowest BCUT2D eigenvalue weighted by Crippen LogP contribution is -2.32. The van der Waals surface area contributed by atoms with Crippen molar-refractivity contribution in [3.63, 3.8) is 0 Å². The number of halogens is 1. The molecule has 0 bridgehead atoms. The minimum atomic E-state index is -0.205. The first-order valence-corrected chi connectivity index (χ1v) is 6.97. The van der Waals surface area contributed by atoms with Crippen molar-refractivity contribution in [2.24, 2.45) is 5.73 Å². The Labute approximate surface area is 132 Å². The van der Waals surface area contributed by atoms with Crippen LogP contribution in [0, 0.1) is 0 Å². The summed E-state index contributed by atoms with van der Waals surface area (Å²) >= 11 is 0. The van der Waals surface area contributed by atoms with Crippen LogP contribution in [-0.2, 0) is 9.59 Å². The van der Waals surface area contributed by atoms with Crippen molar-refractivity contribution in [1.82, 2.24) is 10.6 Å². The highest BCUT2D eigenvalue weighted by Crippen LogP contribution is 2.08. The molecule has 1 aromatic carbocycles. The Morgan fingerprint density at radius 2 is 1.67 bits per heavy atom. The number of hydrogen-bond donors (Lipinski definition) is 3. The summed E-state index contributed by atoms with van der Waals surface area (Å²) in [6.45, 7) is 2.90. The number of hydrogen-bond acceptors (Lipinski definition) is 3. The van der Waals surface area contributed by atoms with Gasteiger partial charge >= 0.3 is 0 Å². The zero-order chi connectivity index (χ0) is 14.8. The fraction of sp³-hybridized carbons (Fsp3) is 0.467. The number of rotatable bonds is 8. The lowest BCUT2D eigenvalue weighted by atomic mass is 10.1. The Hall–Kier alpha value is -1.59. The molecule has 0 saturated heterocycles. The van der Waals surface area contributed by atoms with Crippen molar-refractivity contribution in [2.75, 3.05) is 13.1 Å². The van der Waals surface area contributed by atoms with E-state index in [0.717, 1.165) is 5.56 Å². The zero-order valence-electron chi connectivity index (χ0n) is 12.3. The van der Waals surface area contributed by atoms with Crippen LogP contribution >= 0.6 is 12.4 Å². The SMILES string of the molecule is CCNC(=O)CCCC(=O)NCC(N)c1ccccc1.Cl. The summed E-state index contributed by atoms with van der Waals surface area (Å²) in [5.41, 5.74) is 6.98. The number of carbonyl (C=O) groups is 2. The van der Waals surface area contributed by atoms with Crippen LogP contribution in [-0.4, -0.2) is 24.9 Å². The molecule has 1 unspecified atom stereocenters. The van der Waals surface area contributed by atoms with E-state index >= 15 is 0 Å². The molecule has 5 nitrogen and oxygen atoms in total. The first-order valence-electron chi connectivity index (χ1n) is 6.97. The van der Waals surface area contributed by atoms with Gasteiger partial charge in [0.15, 0.2) is 0 Å². The van der Waals surface area contributed by atoms with Crippen molar-refractivity contribution < 1.29 is 9.59 Å². The molecule has 1 rings (SSSR count). The van der Waals surface area contributed by atoms with Gasteiger partial charge in [-0.2, -0.15) is 0 Å². The summed E-state index contributed by atoms with van der Waals surface area (Å²) in [6.07, 6.45) is 1.28. The van der Waals surface area contributed by atoms with Gasteiger partial charge in [0, 0.05) is 32.0 Å². The molecule has 6 heteroatoms. The van der Waals surface area contributed by atoms with Crippen molar-refractivity contribution in [2.45, 2.75) is 32.2 Å². The standard InChI is InChI=1S/C15H23N3O2.ClH/c1-2-17-14(19)9-6-10-15(20)18-11-13(16)12-7-4-3-5-8-12;/h3-5,7-8,13H,2,6,9-11,16H2,1H3,(H,17,19)(H,18,20);1H. The first-order chi connectivity index (χ1) is 9.63. The van der Waals surface area contributed by atoms with Gasteiger partial charge in [-0.25, -0.2) is 0 Å². The van der Waals surface area contributed by atoms with Gasteiger partial charge in [0.05, 0.1) is 0 Å². The molecule has 0 fully saturated rings. The van der Waals surface area contributed by atoms with Crippen LogP contribution in [0.25, 0.3) is 0 Å². The van der Waals surface area contributed by atoms with Crippen LogP contribution in [0.1, 0.15) is 37.8 Å². The van der Waals surface area contributed by atoms with Gasteiger partial charge in [0.1, 0.15) is 0 Å². The fourth-order valence-corrected chi connectivity index (χ4v) is 1.83. The lowest BCUT2D eigenvalue weighted by Gasteiger charge is -2.13. The van der Waals surface area contributed by atoms with Crippen LogP contribution in [0.2, 0.25) is 0 Å². The Bertz CT molecular complexity index is 426. The quantitative estimate of drug-likeness (QED) is 0.680. The third-order valence-electron chi connectivity index (χ3n) is 2.93. The highest BCUT2D eigenvalue weighted by atomic mass is 35.5. The third kappa shape index (κ3) is 8.32. The maximum absolute atomic E-state index is 11.6. The number of carbonyl (C=O) groups excluding carboxylic acids is 2. The maximum atomic E-state index is 11.6. The molecule has 0 saturated carbocycles. The van der Waals surface area contributed by atoms with Crippen LogP contribution in [0.15, 0.2) is 30.3 Å². The second kappa shape index (κ2) is 11.1.